The Balaban J connectivity index is 2.29. The Hall–Kier alpha value is -1.64. The molecule has 1 atom stereocenters. The van der Waals surface area contributed by atoms with Gasteiger partial charge in [0.2, 0.25) is 0 Å². The summed E-state index contributed by atoms with van der Waals surface area (Å²) in [5.74, 6) is -2.64. The van der Waals surface area contributed by atoms with Gasteiger partial charge >= 0.3 is 0 Å². The van der Waals surface area contributed by atoms with Crippen LogP contribution in [-0.4, -0.2) is 16.1 Å². The highest BCUT2D eigenvalue weighted by Gasteiger charge is 2.15. The molecule has 0 aliphatic carbocycles. The van der Waals surface area contributed by atoms with Gasteiger partial charge in [0.05, 0.1) is 17.6 Å². The highest BCUT2D eigenvalue weighted by molar-refractivity contribution is 14.2. The number of carbonyl (C=O) groups excluding carboxylic acids is 1. The average molecular weight is 523 g/mol. The Bertz CT molecular complexity index is 939. The van der Waals surface area contributed by atoms with E-state index in [-0.39, 0.29) is 16.4 Å². The summed E-state index contributed by atoms with van der Waals surface area (Å²) in [6.45, 7) is 3.07. The van der Waals surface area contributed by atoms with Crippen molar-refractivity contribution in [3.8, 4) is 0 Å². The molecule has 0 saturated carbocycles. The number of hydrogen-bond donors (Lipinski definition) is 3. The molecule has 0 spiro atoms. The molecule has 2 rings (SSSR count). The van der Waals surface area contributed by atoms with Crippen LogP contribution in [-0.2, 0) is 4.79 Å². The molecule has 1 heterocycles. The molecule has 0 fully saturated rings. The molecule has 0 radical (unpaired) electrons. The van der Waals surface area contributed by atoms with Crippen LogP contribution < -0.4 is 10.4 Å². The first-order chi connectivity index (χ1) is 12.7. The first-order valence-corrected chi connectivity index (χ1v) is 12.0. The molecule has 0 saturated heterocycles. The predicted octanol–water partition coefficient (Wildman–Crippen LogP) is 5.71. The lowest BCUT2D eigenvalue weighted by Gasteiger charge is -2.11. The number of aryl methyl sites for hydroxylation is 1. The minimum atomic E-state index is -1.05. The van der Waals surface area contributed by atoms with E-state index in [4.69, 9.17) is 17.0 Å². The molecule has 2 aromatic rings. The van der Waals surface area contributed by atoms with E-state index in [0.717, 1.165) is 12.3 Å². The van der Waals surface area contributed by atoms with Crippen molar-refractivity contribution in [1.82, 2.24) is 4.98 Å². The van der Waals surface area contributed by atoms with Gasteiger partial charge in [-0.25, -0.2) is 8.78 Å². The Morgan fingerprint density at radius 1 is 1.41 bits per heavy atom. The van der Waals surface area contributed by atoms with Gasteiger partial charge in [-0.1, -0.05) is 17.7 Å². The zero-order valence-corrected chi connectivity index (χ0v) is 18.2. The Labute approximate surface area is 174 Å². The van der Waals surface area contributed by atoms with Crippen molar-refractivity contribution in [3.63, 3.8) is 0 Å². The number of aromatic nitrogens is 1. The quantitative estimate of drug-likeness (QED) is 0.197. The standard InChI is InChI=1S/C17H15ClF2IN4OP/c1-8-13(20)7-23-9(2)15(8)24-17(26)12(19)5-10-3-4-11(16(18)22)14(6-10)25-27-21/h3-7,22,25,27H,1-2H3,(H,24,26)/b12-5-,22-16?. The summed E-state index contributed by atoms with van der Waals surface area (Å²) >= 11 is 7.85. The van der Waals surface area contributed by atoms with Gasteiger partial charge in [-0.05, 0) is 59.7 Å². The molecule has 10 heteroatoms. The summed E-state index contributed by atoms with van der Waals surface area (Å²) in [7, 11) is 0. The normalized spacial score (nSPS) is 11.7. The van der Waals surface area contributed by atoms with Gasteiger partial charge in [0.1, 0.15) is 11.0 Å². The lowest BCUT2D eigenvalue weighted by Crippen LogP contribution is -2.15. The second-order valence-corrected chi connectivity index (χ2v) is 7.91. The highest BCUT2D eigenvalue weighted by Crippen LogP contribution is 2.29. The van der Waals surface area contributed by atoms with E-state index in [0.29, 0.717) is 28.9 Å². The molecule has 1 aromatic carbocycles. The zero-order valence-electron chi connectivity index (χ0n) is 14.3. The molecule has 5 nitrogen and oxygen atoms in total. The number of halogens is 4. The second kappa shape index (κ2) is 9.52. The number of nitrogens with one attached hydrogen (secondary N) is 3. The maximum absolute atomic E-state index is 14.4. The van der Waals surface area contributed by atoms with Crippen LogP contribution in [0, 0.1) is 25.1 Å². The maximum Gasteiger partial charge on any atom is 0.284 e. The minimum absolute atomic E-state index is 0.142. The molecular formula is C17H15ClF2IN4OP. The van der Waals surface area contributed by atoms with Crippen molar-refractivity contribution < 1.29 is 13.6 Å². The largest absolute Gasteiger partial charge is 0.358 e. The Kier molecular flexibility index (Phi) is 7.64. The fraction of sp³-hybridized carbons (Fsp3) is 0.118. The molecule has 0 aliphatic heterocycles. The van der Waals surface area contributed by atoms with Gasteiger partial charge in [-0.15, -0.1) is 0 Å². The van der Waals surface area contributed by atoms with Gasteiger partial charge in [-0.3, -0.25) is 15.2 Å². The molecule has 1 amide bonds. The number of pyridine rings is 1. The van der Waals surface area contributed by atoms with Crippen molar-refractivity contribution >= 4 is 68.5 Å². The fourth-order valence-electron chi connectivity index (χ4n) is 2.27. The molecule has 27 heavy (non-hydrogen) atoms. The van der Waals surface area contributed by atoms with Crippen LogP contribution in [0.25, 0.3) is 6.08 Å². The summed E-state index contributed by atoms with van der Waals surface area (Å²) in [5.41, 5.74) is 2.15. The van der Waals surface area contributed by atoms with Crippen LogP contribution in [0.15, 0.2) is 30.2 Å². The summed E-state index contributed by atoms with van der Waals surface area (Å²) in [4.78, 5) is 16.0. The van der Waals surface area contributed by atoms with Gasteiger partial charge in [0.25, 0.3) is 5.91 Å². The average Bonchev–Trinajstić information content (AvgIpc) is 2.62. The van der Waals surface area contributed by atoms with Crippen molar-refractivity contribution in [2.24, 2.45) is 0 Å². The summed E-state index contributed by atoms with van der Waals surface area (Å²) < 4.78 is 28.0. The molecule has 3 N–H and O–H groups in total. The third kappa shape index (κ3) is 5.43. The van der Waals surface area contributed by atoms with Gasteiger partial charge in [0, 0.05) is 23.2 Å². The van der Waals surface area contributed by atoms with Crippen LogP contribution in [0.2, 0.25) is 0 Å². The third-order valence-electron chi connectivity index (χ3n) is 3.68. The topological polar surface area (TPSA) is 77.9 Å². The Morgan fingerprint density at radius 3 is 2.74 bits per heavy atom. The highest BCUT2D eigenvalue weighted by atomic mass is 127. The van der Waals surface area contributed by atoms with Crippen LogP contribution >= 0.6 is 40.0 Å². The van der Waals surface area contributed by atoms with E-state index >= 15 is 0 Å². The minimum Gasteiger partial charge on any atom is -0.358 e. The zero-order chi connectivity index (χ0) is 20.1. The SMILES string of the molecule is Cc1ncc(F)c(C)c1NC(=O)/C(F)=C/c1ccc(C(=N)Cl)c(NPI)c1. The van der Waals surface area contributed by atoms with Crippen LogP contribution in [0.3, 0.4) is 0 Å². The number of anilines is 2. The van der Waals surface area contributed by atoms with Crippen LogP contribution in [0.1, 0.15) is 22.4 Å². The van der Waals surface area contributed by atoms with Gasteiger partial charge in [-0.2, -0.15) is 0 Å². The van der Waals surface area contributed by atoms with Crippen molar-refractivity contribution in [1.29, 1.82) is 5.41 Å². The number of benzene rings is 1. The van der Waals surface area contributed by atoms with E-state index < -0.39 is 17.6 Å². The predicted molar refractivity (Wildman–Crippen MR) is 116 cm³/mol. The molecular weight excluding hydrogens is 508 g/mol. The monoisotopic (exact) mass is 522 g/mol. The van der Waals surface area contributed by atoms with E-state index in [2.05, 4.69) is 37.4 Å². The number of carbonyl (C=O) groups is 1. The number of nitrogens with zero attached hydrogens (tertiary/aromatic N) is 1. The molecule has 1 unspecified atom stereocenters. The molecule has 142 valence electrons. The van der Waals surface area contributed by atoms with E-state index in [1.807, 2.05) is 0 Å². The third-order valence-corrected chi connectivity index (χ3v) is 5.05. The van der Waals surface area contributed by atoms with Crippen LogP contribution in [0.5, 0.6) is 0 Å². The summed E-state index contributed by atoms with van der Waals surface area (Å²) in [6.07, 6.45) is 2.42. The number of amides is 1. The van der Waals surface area contributed by atoms with E-state index in [1.165, 1.54) is 6.92 Å². The van der Waals surface area contributed by atoms with Gasteiger partial charge < -0.3 is 10.4 Å². The smallest absolute Gasteiger partial charge is 0.284 e. The number of hydrogen-bond acceptors (Lipinski definition) is 4. The lowest BCUT2D eigenvalue weighted by atomic mass is 10.1. The second-order valence-electron chi connectivity index (χ2n) is 5.48. The lowest BCUT2D eigenvalue weighted by molar-refractivity contribution is -0.114. The van der Waals surface area contributed by atoms with Crippen LogP contribution in [0.4, 0.5) is 20.2 Å². The van der Waals surface area contributed by atoms with Crippen molar-refractivity contribution in [2.75, 3.05) is 10.4 Å². The first-order valence-electron chi connectivity index (χ1n) is 7.55. The Morgan fingerprint density at radius 2 is 2.11 bits per heavy atom. The van der Waals surface area contributed by atoms with Crippen molar-refractivity contribution in [2.45, 2.75) is 13.8 Å². The maximum atomic E-state index is 14.4. The van der Waals surface area contributed by atoms with Gasteiger partial charge in [0.15, 0.2) is 5.83 Å². The van der Waals surface area contributed by atoms with E-state index in [1.54, 1.807) is 25.1 Å². The number of rotatable bonds is 6. The molecule has 0 aliphatic rings. The van der Waals surface area contributed by atoms with Crippen molar-refractivity contribution in [3.05, 3.63) is 58.4 Å². The fourth-order valence-corrected chi connectivity index (χ4v) is 3.62. The molecule has 0 bridgehead atoms. The summed E-state index contributed by atoms with van der Waals surface area (Å²) in [5, 5.41) is 12.8. The first kappa shape index (κ1) is 21.7. The summed E-state index contributed by atoms with van der Waals surface area (Å²) in [6, 6.07) is 4.70. The molecule has 1 aromatic heterocycles. The van der Waals surface area contributed by atoms with E-state index in [9.17, 15) is 13.6 Å².